The van der Waals surface area contributed by atoms with Gasteiger partial charge >= 0.3 is 0 Å². The first-order chi connectivity index (χ1) is 17.9. The van der Waals surface area contributed by atoms with E-state index in [-0.39, 0.29) is 11.7 Å². The van der Waals surface area contributed by atoms with Crippen LogP contribution in [0.2, 0.25) is 0 Å². The predicted molar refractivity (Wildman–Crippen MR) is 153 cm³/mol. The number of hydrogen-bond acceptors (Lipinski definition) is 2. The van der Waals surface area contributed by atoms with Gasteiger partial charge in [0.2, 0.25) is 0 Å². The van der Waals surface area contributed by atoms with E-state index in [0.29, 0.717) is 18.9 Å². The van der Waals surface area contributed by atoms with E-state index in [4.69, 9.17) is 5.10 Å². The summed E-state index contributed by atoms with van der Waals surface area (Å²) in [5, 5.41) is 5.90. The van der Waals surface area contributed by atoms with Gasteiger partial charge < -0.3 is 0 Å². The van der Waals surface area contributed by atoms with Crippen LogP contribution in [0.1, 0.15) is 71.8 Å². The molecule has 0 fully saturated rings. The summed E-state index contributed by atoms with van der Waals surface area (Å²) in [5.74, 6) is 0.807. The number of nitrogens with zero attached hydrogens (tertiary/aromatic N) is 2. The molecule has 0 saturated carbocycles. The lowest BCUT2D eigenvalue weighted by Gasteiger charge is -2.14. The number of aryl methyl sites for hydroxylation is 1. The number of fused-ring (bicyclic) bond motifs is 1. The Kier molecular flexibility index (Phi) is 7.05. The molecule has 0 N–H and O–H groups in total. The van der Waals surface area contributed by atoms with Gasteiger partial charge in [-0.25, -0.2) is 0 Å². The van der Waals surface area contributed by atoms with Crippen LogP contribution < -0.4 is 0 Å². The number of rotatable bonds is 8. The molecule has 186 valence electrons. The molecule has 4 aromatic carbocycles. The summed E-state index contributed by atoms with van der Waals surface area (Å²) in [5.41, 5.74) is 8.86. The summed E-state index contributed by atoms with van der Waals surface area (Å²) in [6.07, 6.45) is 0.487. The number of carbonyl (C=O) groups excluding carboxylic acids is 1. The molecule has 0 saturated heterocycles. The largest absolute Gasteiger partial charge is 0.294 e. The van der Waals surface area contributed by atoms with Gasteiger partial charge in [0.1, 0.15) is 0 Å². The Morgan fingerprint density at radius 2 is 1.49 bits per heavy atom. The van der Waals surface area contributed by atoms with Crippen molar-refractivity contribution in [3.8, 4) is 11.1 Å². The standard InChI is InChI=1S/C34H34N2O/c1-23(2)29-11-8-12-30(20-29)24(3)19-34(37)31-17-18-32-25(4)35-36(33(32)21-31)22-26-13-15-28(16-14-26)27-9-6-5-7-10-27/h5-18,20-21,23-24H,19,22H2,1-4H3/t24-/m1/s1. The van der Waals surface area contributed by atoms with Crippen molar-refractivity contribution >= 4 is 16.7 Å². The second kappa shape index (κ2) is 10.6. The second-order valence-electron chi connectivity index (χ2n) is 10.4. The molecule has 0 bridgehead atoms. The number of benzene rings is 4. The van der Waals surface area contributed by atoms with Gasteiger partial charge in [-0.05, 0) is 52.6 Å². The van der Waals surface area contributed by atoms with Gasteiger partial charge in [0.15, 0.2) is 5.78 Å². The molecule has 1 aromatic heterocycles. The quantitative estimate of drug-likeness (QED) is 0.206. The highest BCUT2D eigenvalue weighted by atomic mass is 16.1. The van der Waals surface area contributed by atoms with Crippen molar-refractivity contribution in [1.29, 1.82) is 0 Å². The maximum absolute atomic E-state index is 13.3. The molecule has 0 unspecified atom stereocenters. The van der Waals surface area contributed by atoms with E-state index in [0.717, 1.165) is 22.2 Å². The van der Waals surface area contributed by atoms with Gasteiger partial charge in [-0.2, -0.15) is 5.10 Å². The summed E-state index contributed by atoms with van der Waals surface area (Å²) in [6.45, 7) is 9.24. The van der Waals surface area contributed by atoms with Gasteiger partial charge in [0.25, 0.3) is 0 Å². The summed E-state index contributed by atoms with van der Waals surface area (Å²) < 4.78 is 2.02. The van der Waals surface area contributed by atoms with E-state index in [1.54, 1.807) is 0 Å². The average molecular weight is 487 g/mol. The summed E-state index contributed by atoms with van der Waals surface area (Å²) in [4.78, 5) is 13.3. The number of hydrogen-bond donors (Lipinski definition) is 0. The van der Waals surface area contributed by atoms with Crippen LogP contribution >= 0.6 is 0 Å². The summed E-state index contributed by atoms with van der Waals surface area (Å²) in [7, 11) is 0. The minimum Gasteiger partial charge on any atom is -0.294 e. The van der Waals surface area contributed by atoms with Gasteiger partial charge in [0, 0.05) is 17.4 Å². The SMILES string of the molecule is Cc1nn(Cc2ccc(-c3ccccc3)cc2)c2cc(C(=O)C[C@@H](C)c3cccc(C(C)C)c3)ccc12. The van der Waals surface area contributed by atoms with Crippen LogP contribution in [0.3, 0.4) is 0 Å². The van der Waals surface area contributed by atoms with Crippen molar-refractivity contribution in [3.05, 3.63) is 125 Å². The molecule has 0 amide bonds. The highest BCUT2D eigenvalue weighted by Crippen LogP contribution is 2.27. The topological polar surface area (TPSA) is 34.9 Å². The lowest BCUT2D eigenvalue weighted by atomic mass is 9.90. The van der Waals surface area contributed by atoms with Crippen molar-refractivity contribution in [2.45, 2.75) is 52.5 Å². The molecular weight excluding hydrogens is 452 g/mol. The summed E-state index contributed by atoms with van der Waals surface area (Å²) in [6, 6.07) is 33.7. The first kappa shape index (κ1) is 24.7. The Morgan fingerprint density at radius 1 is 0.784 bits per heavy atom. The maximum Gasteiger partial charge on any atom is 0.163 e. The Balaban J connectivity index is 1.36. The molecule has 0 spiro atoms. The van der Waals surface area contributed by atoms with Crippen molar-refractivity contribution in [3.63, 3.8) is 0 Å². The highest BCUT2D eigenvalue weighted by Gasteiger charge is 2.16. The molecule has 0 aliphatic carbocycles. The van der Waals surface area contributed by atoms with Crippen molar-refractivity contribution in [1.82, 2.24) is 9.78 Å². The van der Waals surface area contributed by atoms with Gasteiger partial charge in [-0.1, -0.05) is 112 Å². The molecule has 5 rings (SSSR count). The molecule has 0 aliphatic heterocycles. The second-order valence-corrected chi connectivity index (χ2v) is 10.4. The Labute approximate surface area is 219 Å². The zero-order chi connectivity index (χ0) is 25.9. The Bertz CT molecular complexity index is 1530. The van der Waals surface area contributed by atoms with Crippen LogP contribution in [-0.4, -0.2) is 15.6 Å². The van der Waals surface area contributed by atoms with Crippen molar-refractivity contribution in [2.24, 2.45) is 0 Å². The van der Waals surface area contributed by atoms with Gasteiger partial charge in [-0.15, -0.1) is 0 Å². The number of carbonyl (C=O) groups is 1. The van der Waals surface area contributed by atoms with Crippen LogP contribution in [-0.2, 0) is 6.54 Å². The highest BCUT2D eigenvalue weighted by molar-refractivity contribution is 6.00. The average Bonchev–Trinajstić information content (AvgIpc) is 3.23. The zero-order valence-electron chi connectivity index (χ0n) is 22.1. The maximum atomic E-state index is 13.3. The first-order valence-corrected chi connectivity index (χ1v) is 13.1. The van der Waals surface area contributed by atoms with Crippen molar-refractivity contribution in [2.75, 3.05) is 0 Å². The lowest BCUT2D eigenvalue weighted by Crippen LogP contribution is -2.07. The van der Waals surface area contributed by atoms with E-state index in [1.165, 1.54) is 27.8 Å². The van der Waals surface area contributed by atoms with E-state index in [9.17, 15) is 4.79 Å². The van der Waals surface area contributed by atoms with Gasteiger partial charge in [0.05, 0.1) is 17.8 Å². The fraction of sp³-hybridized carbons (Fsp3) is 0.235. The molecule has 5 aromatic rings. The Hall–Kier alpha value is -3.98. The number of Topliss-reactive ketones (excluding diaryl/α,β-unsaturated/α-hetero) is 1. The molecule has 0 radical (unpaired) electrons. The third kappa shape index (κ3) is 5.41. The monoisotopic (exact) mass is 486 g/mol. The number of ketones is 1. The predicted octanol–water partition coefficient (Wildman–Crippen LogP) is 8.56. The van der Waals surface area contributed by atoms with E-state index < -0.39 is 0 Å². The minimum absolute atomic E-state index is 0.164. The molecule has 1 atom stereocenters. The third-order valence-corrected chi connectivity index (χ3v) is 7.29. The van der Waals surface area contributed by atoms with Crippen LogP contribution in [0.4, 0.5) is 0 Å². The van der Waals surface area contributed by atoms with E-state index in [1.807, 2.05) is 35.9 Å². The number of aromatic nitrogens is 2. The normalized spacial score (nSPS) is 12.2. The molecular formula is C34H34N2O. The van der Waals surface area contributed by atoms with Gasteiger partial charge in [-0.3, -0.25) is 9.48 Å². The Morgan fingerprint density at radius 3 is 2.22 bits per heavy atom. The molecule has 1 heterocycles. The van der Waals surface area contributed by atoms with E-state index >= 15 is 0 Å². The van der Waals surface area contributed by atoms with Crippen LogP contribution in [0.25, 0.3) is 22.0 Å². The summed E-state index contributed by atoms with van der Waals surface area (Å²) >= 11 is 0. The molecule has 0 aliphatic rings. The minimum atomic E-state index is 0.164. The zero-order valence-corrected chi connectivity index (χ0v) is 22.1. The third-order valence-electron chi connectivity index (χ3n) is 7.29. The molecule has 37 heavy (non-hydrogen) atoms. The fourth-order valence-electron chi connectivity index (χ4n) is 4.98. The van der Waals surface area contributed by atoms with Crippen molar-refractivity contribution < 1.29 is 4.79 Å². The van der Waals surface area contributed by atoms with Crippen LogP contribution in [0.15, 0.2) is 97.1 Å². The van der Waals surface area contributed by atoms with E-state index in [2.05, 4.69) is 93.6 Å². The van der Waals surface area contributed by atoms with Crippen LogP contribution in [0, 0.1) is 6.92 Å². The first-order valence-electron chi connectivity index (χ1n) is 13.1. The lowest BCUT2D eigenvalue weighted by molar-refractivity contribution is 0.0975. The fourth-order valence-corrected chi connectivity index (χ4v) is 4.98. The van der Waals surface area contributed by atoms with Crippen LogP contribution in [0.5, 0.6) is 0 Å². The molecule has 3 nitrogen and oxygen atoms in total. The molecule has 3 heteroatoms. The smallest absolute Gasteiger partial charge is 0.163 e.